The van der Waals surface area contributed by atoms with Crippen LogP contribution in [0, 0.1) is 17.2 Å². The molecule has 4 heteroatoms. The highest BCUT2D eigenvalue weighted by Crippen LogP contribution is 2.44. The lowest BCUT2D eigenvalue weighted by Gasteiger charge is -2.36. The molecule has 1 aromatic carbocycles. The fourth-order valence-electron chi connectivity index (χ4n) is 3.09. The molecule has 0 heterocycles. The maximum atomic E-state index is 13.4. The molecule has 0 aromatic heterocycles. The largest absolute Gasteiger partial charge is 0.207 e. The Morgan fingerprint density at radius 2 is 1.79 bits per heavy atom. The monoisotopic (exact) mass is 322 g/mol. The van der Waals surface area contributed by atoms with Crippen molar-refractivity contribution in [1.82, 2.24) is 0 Å². The van der Waals surface area contributed by atoms with E-state index >= 15 is 0 Å². The number of benzene rings is 1. The van der Waals surface area contributed by atoms with E-state index < -0.39 is 0 Å². The van der Waals surface area contributed by atoms with Gasteiger partial charge in [0.15, 0.2) is 0 Å². The van der Waals surface area contributed by atoms with Gasteiger partial charge in [0.1, 0.15) is 5.82 Å². The zero-order chi connectivity index (χ0) is 13.9. The van der Waals surface area contributed by atoms with Crippen LogP contribution in [0.15, 0.2) is 18.2 Å². The Morgan fingerprint density at radius 1 is 1.16 bits per heavy atom. The van der Waals surface area contributed by atoms with Crippen molar-refractivity contribution in [2.24, 2.45) is 11.3 Å². The molecule has 1 saturated carbocycles. The third-order valence-corrected chi connectivity index (χ3v) is 5.74. The standard InChI is InChI=1S/C15H18Cl3F/c16-9-15(10-17,12-3-1-2-4-12)8-11-7-13(19)5-6-14(11)18/h5-7,12H,1-4,8-10H2. The number of alkyl halides is 2. The van der Waals surface area contributed by atoms with Crippen LogP contribution >= 0.6 is 34.8 Å². The fraction of sp³-hybridized carbons (Fsp3) is 0.600. The number of hydrogen-bond acceptors (Lipinski definition) is 0. The first-order valence-electron chi connectivity index (χ1n) is 6.67. The second-order valence-electron chi connectivity index (χ2n) is 5.52. The van der Waals surface area contributed by atoms with E-state index in [1.165, 1.54) is 25.0 Å². The van der Waals surface area contributed by atoms with Gasteiger partial charge in [-0.2, -0.15) is 0 Å². The van der Waals surface area contributed by atoms with E-state index in [0.717, 1.165) is 18.4 Å². The topological polar surface area (TPSA) is 0 Å². The fourth-order valence-corrected chi connectivity index (χ4v) is 4.18. The summed E-state index contributed by atoms with van der Waals surface area (Å²) in [4.78, 5) is 0. The minimum absolute atomic E-state index is 0.170. The van der Waals surface area contributed by atoms with E-state index in [0.29, 0.717) is 29.1 Å². The molecule has 0 bridgehead atoms. The average molecular weight is 324 g/mol. The van der Waals surface area contributed by atoms with Gasteiger partial charge in [-0.25, -0.2) is 4.39 Å². The van der Waals surface area contributed by atoms with Crippen LogP contribution in [-0.4, -0.2) is 11.8 Å². The summed E-state index contributed by atoms with van der Waals surface area (Å²) >= 11 is 18.6. The predicted molar refractivity (Wildman–Crippen MR) is 80.9 cm³/mol. The quantitative estimate of drug-likeness (QED) is 0.612. The van der Waals surface area contributed by atoms with Gasteiger partial charge >= 0.3 is 0 Å². The SMILES string of the molecule is Fc1ccc(Cl)c(CC(CCl)(CCl)C2CCCC2)c1. The summed E-state index contributed by atoms with van der Waals surface area (Å²) in [6.45, 7) is 0. The molecule has 0 nitrogen and oxygen atoms in total. The molecule has 0 unspecified atom stereocenters. The van der Waals surface area contributed by atoms with Crippen molar-refractivity contribution in [2.45, 2.75) is 32.1 Å². The lowest BCUT2D eigenvalue weighted by molar-refractivity contribution is 0.225. The maximum Gasteiger partial charge on any atom is 0.123 e. The van der Waals surface area contributed by atoms with Gasteiger partial charge in [0.2, 0.25) is 0 Å². The maximum absolute atomic E-state index is 13.4. The zero-order valence-electron chi connectivity index (χ0n) is 10.8. The summed E-state index contributed by atoms with van der Waals surface area (Å²) in [5.74, 6) is 1.24. The molecular formula is C15H18Cl3F. The highest BCUT2D eigenvalue weighted by molar-refractivity contribution is 6.31. The van der Waals surface area contributed by atoms with Crippen LogP contribution < -0.4 is 0 Å². The predicted octanol–water partition coefficient (Wildman–Crippen LogP) is 5.68. The van der Waals surface area contributed by atoms with Crippen LogP contribution in [0.4, 0.5) is 4.39 Å². The van der Waals surface area contributed by atoms with Crippen molar-refractivity contribution in [3.05, 3.63) is 34.6 Å². The summed E-state index contributed by atoms with van der Waals surface area (Å²) in [6, 6.07) is 4.49. The van der Waals surface area contributed by atoms with Crippen LogP contribution in [0.1, 0.15) is 31.2 Å². The summed E-state index contributed by atoms with van der Waals surface area (Å²) in [7, 11) is 0. The molecule has 0 spiro atoms. The third-order valence-electron chi connectivity index (χ3n) is 4.30. The first-order valence-corrected chi connectivity index (χ1v) is 8.12. The summed E-state index contributed by atoms with van der Waals surface area (Å²) < 4.78 is 13.4. The Kier molecular flexibility index (Phi) is 5.39. The first kappa shape index (κ1) is 15.4. The van der Waals surface area contributed by atoms with E-state index in [9.17, 15) is 4.39 Å². The van der Waals surface area contributed by atoms with Crippen molar-refractivity contribution in [1.29, 1.82) is 0 Å². The highest BCUT2D eigenvalue weighted by atomic mass is 35.5. The molecule has 1 aliphatic rings. The number of rotatable bonds is 5. The molecule has 0 radical (unpaired) electrons. The highest BCUT2D eigenvalue weighted by Gasteiger charge is 2.39. The van der Waals surface area contributed by atoms with Crippen molar-refractivity contribution in [3.63, 3.8) is 0 Å². The summed E-state index contributed by atoms with van der Waals surface area (Å²) in [5.41, 5.74) is 0.645. The first-order chi connectivity index (χ1) is 9.11. The van der Waals surface area contributed by atoms with Gasteiger partial charge in [-0.05, 0) is 48.9 Å². The average Bonchev–Trinajstić information content (AvgIpc) is 2.94. The molecule has 1 fully saturated rings. The number of halogens is 4. The Labute approximate surface area is 129 Å². The Balaban J connectivity index is 2.27. The lowest BCUT2D eigenvalue weighted by Crippen LogP contribution is -2.35. The van der Waals surface area contributed by atoms with Crippen molar-refractivity contribution < 1.29 is 4.39 Å². The second-order valence-corrected chi connectivity index (χ2v) is 6.47. The van der Waals surface area contributed by atoms with E-state index in [-0.39, 0.29) is 11.2 Å². The molecule has 106 valence electrons. The minimum atomic E-state index is -0.260. The normalized spacial score (nSPS) is 17.1. The summed E-state index contributed by atoms with van der Waals surface area (Å²) in [5, 5.41) is 0.596. The molecule has 0 aliphatic heterocycles. The van der Waals surface area contributed by atoms with E-state index in [4.69, 9.17) is 34.8 Å². The second kappa shape index (κ2) is 6.65. The number of hydrogen-bond donors (Lipinski definition) is 0. The molecule has 0 atom stereocenters. The van der Waals surface area contributed by atoms with Gasteiger partial charge in [0.25, 0.3) is 0 Å². The van der Waals surface area contributed by atoms with Crippen LogP contribution in [0.5, 0.6) is 0 Å². The van der Waals surface area contributed by atoms with Gasteiger partial charge in [-0.3, -0.25) is 0 Å². The van der Waals surface area contributed by atoms with Crippen molar-refractivity contribution in [3.8, 4) is 0 Å². The van der Waals surface area contributed by atoms with E-state index in [1.54, 1.807) is 6.07 Å². The van der Waals surface area contributed by atoms with Crippen LogP contribution in [0.3, 0.4) is 0 Å². The molecule has 0 N–H and O–H groups in total. The van der Waals surface area contributed by atoms with Crippen LogP contribution in [0.2, 0.25) is 5.02 Å². The van der Waals surface area contributed by atoms with E-state index in [2.05, 4.69) is 0 Å². The molecule has 1 aliphatic carbocycles. The van der Waals surface area contributed by atoms with Gasteiger partial charge in [0, 0.05) is 22.2 Å². The molecule has 0 amide bonds. The smallest absolute Gasteiger partial charge is 0.123 e. The minimum Gasteiger partial charge on any atom is -0.207 e. The van der Waals surface area contributed by atoms with Crippen LogP contribution in [0.25, 0.3) is 0 Å². The van der Waals surface area contributed by atoms with Crippen molar-refractivity contribution >= 4 is 34.8 Å². The molecule has 19 heavy (non-hydrogen) atoms. The summed E-state index contributed by atoms with van der Waals surface area (Å²) in [6.07, 6.45) is 5.44. The van der Waals surface area contributed by atoms with Gasteiger partial charge < -0.3 is 0 Å². The van der Waals surface area contributed by atoms with Crippen molar-refractivity contribution in [2.75, 3.05) is 11.8 Å². The zero-order valence-corrected chi connectivity index (χ0v) is 13.0. The third kappa shape index (κ3) is 3.37. The Morgan fingerprint density at radius 3 is 2.37 bits per heavy atom. The van der Waals surface area contributed by atoms with Crippen LogP contribution in [-0.2, 0) is 6.42 Å². The Bertz CT molecular complexity index is 423. The van der Waals surface area contributed by atoms with Gasteiger partial charge in [0.05, 0.1) is 0 Å². The van der Waals surface area contributed by atoms with Gasteiger partial charge in [-0.1, -0.05) is 24.4 Å². The molecular weight excluding hydrogens is 306 g/mol. The van der Waals surface area contributed by atoms with E-state index in [1.807, 2.05) is 0 Å². The Hall–Kier alpha value is 0.0200. The van der Waals surface area contributed by atoms with Gasteiger partial charge in [-0.15, -0.1) is 23.2 Å². The molecule has 0 saturated heterocycles. The molecule has 2 rings (SSSR count). The lowest BCUT2D eigenvalue weighted by atomic mass is 9.73. The molecule has 1 aromatic rings.